The van der Waals surface area contributed by atoms with Crippen LogP contribution in [0.2, 0.25) is 10.0 Å². The lowest BCUT2D eigenvalue weighted by molar-refractivity contribution is 0.301. The van der Waals surface area contributed by atoms with E-state index in [0.717, 1.165) is 22.7 Å². The van der Waals surface area contributed by atoms with Crippen LogP contribution in [0.25, 0.3) is 0 Å². The van der Waals surface area contributed by atoms with Crippen molar-refractivity contribution in [3.05, 3.63) is 57.3 Å². The molecular formula is C15H16Cl2N2O. The van der Waals surface area contributed by atoms with Crippen LogP contribution in [-0.2, 0) is 13.0 Å². The quantitative estimate of drug-likeness (QED) is 0.914. The molecule has 1 heterocycles. The number of benzene rings is 1. The molecular weight excluding hydrogens is 295 g/mol. The van der Waals surface area contributed by atoms with Gasteiger partial charge in [-0.05, 0) is 43.3 Å². The van der Waals surface area contributed by atoms with Crippen molar-refractivity contribution < 1.29 is 4.74 Å². The molecule has 2 N–H and O–H groups in total. The minimum Gasteiger partial charge on any atom is -0.487 e. The zero-order valence-electron chi connectivity index (χ0n) is 11.2. The number of hydrogen-bond acceptors (Lipinski definition) is 3. The summed E-state index contributed by atoms with van der Waals surface area (Å²) in [5.41, 5.74) is 8.39. The first-order valence-corrected chi connectivity index (χ1v) is 7.09. The maximum absolute atomic E-state index is 5.98. The van der Waals surface area contributed by atoms with Gasteiger partial charge in [-0.15, -0.1) is 0 Å². The second kappa shape index (κ2) is 6.93. The van der Waals surface area contributed by atoms with Gasteiger partial charge in [-0.3, -0.25) is 4.98 Å². The molecule has 0 unspecified atom stereocenters. The molecule has 0 saturated heterocycles. The Bertz CT molecular complexity index is 602. The molecule has 0 aliphatic carbocycles. The van der Waals surface area contributed by atoms with Crippen LogP contribution in [0.3, 0.4) is 0 Å². The van der Waals surface area contributed by atoms with Crippen LogP contribution in [0.15, 0.2) is 30.3 Å². The Morgan fingerprint density at radius 3 is 2.65 bits per heavy atom. The molecule has 0 amide bonds. The van der Waals surface area contributed by atoms with Crippen LogP contribution >= 0.6 is 23.2 Å². The number of nitrogens with zero attached hydrogens (tertiary/aromatic N) is 1. The zero-order valence-corrected chi connectivity index (χ0v) is 12.7. The van der Waals surface area contributed by atoms with E-state index in [1.165, 1.54) is 0 Å². The summed E-state index contributed by atoms with van der Waals surface area (Å²) < 4.78 is 5.81. The van der Waals surface area contributed by atoms with E-state index in [2.05, 4.69) is 4.98 Å². The summed E-state index contributed by atoms with van der Waals surface area (Å²) >= 11 is 11.9. The third-order valence-electron chi connectivity index (χ3n) is 2.83. The maximum Gasteiger partial charge on any atom is 0.141 e. The normalized spacial score (nSPS) is 10.6. The summed E-state index contributed by atoms with van der Waals surface area (Å²) in [7, 11) is 0. The Labute approximate surface area is 128 Å². The molecule has 5 heteroatoms. The molecule has 106 valence electrons. The van der Waals surface area contributed by atoms with Crippen LogP contribution in [0.5, 0.6) is 5.75 Å². The van der Waals surface area contributed by atoms with Gasteiger partial charge >= 0.3 is 0 Å². The number of aryl methyl sites for hydroxylation is 1. The predicted octanol–water partition coefficient (Wildman–Crippen LogP) is 3.78. The lowest BCUT2D eigenvalue weighted by Gasteiger charge is -2.11. The highest BCUT2D eigenvalue weighted by Gasteiger charge is 2.06. The zero-order chi connectivity index (χ0) is 14.5. The van der Waals surface area contributed by atoms with Gasteiger partial charge in [-0.1, -0.05) is 29.3 Å². The minimum absolute atomic E-state index is 0.416. The Hall–Kier alpha value is -1.29. The third kappa shape index (κ3) is 3.85. The average molecular weight is 311 g/mol. The van der Waals surface area contributed by atoms with Gasteiger partial charge in [0.2, 0.25) is 0 Å². The fourth-order valence-corrected chi connectivity index (χ4v) is 2.16. The van der Waals surface area contributed by atoms with E-state index in [0.29, 0.717) is 29.6 Å². The van der Waals surface area contributed by atoms with E-state index >= 15 is 0 Å². The first-order valence-electron chi connectivity index (χ1n) is 6.33. The molecule has 0 atom stereocenters. The third-order valence-corrected chi connectivity index (χ3v) is 3.57. The molecule has 0 fully saturated rings. The van der Waals surface area contributed by atoms with Crippen LogP contribution < -0.4 is 10.5 Å². The number of ether oxygens (including phenoxy) is 1. The number of aromatic nitrogens is 1. The summed E-state index contributed by atoms with van der Waals surface area (Å²) in [4.78, 5) is 4.45. The molecule has 1 aromatic carbocycles. The van der Waals surface area contributed by atoms with Gasteiger partial charge in [0.15, 0.2) is 0 Å². The largest absolute Gasteiger partial charge is 0.487 e. The van der Waals surface area contributed by atoms with Crippen molar-refractivity contribution in [2.24, 2.45) is 5.73 Å². The highest BCUT2D eigenvalue weighted by Crippen LogP contribution is 2.24. The summed E-state index contributed by atoms with van der Waals surface area (Å²) in [6.07, 6.45) is 0.693. The van der Waals surface area contributed by atoms with Gasteiger partial charge < -0.3 is 10.5 Å². The SMILES string of the molecule is Cc1ccc(OCc2ccc(Cl)c(Cl)c2)c(CCN)n1. The van der Waals surface area contributed by atoms with Crippen molar-refractivity contribution >= 4 is 23.2 Å². The summed E-state index contributed by atoms with van der Waals surface area (Å²) in [6.45, 7) is 2.90. The number of rotatable bonds is 5. The molecule has 0 spiro atoms. The van der Waals surface area contributed by atoms with Crippen molar-refractivity contribution in [2.45, 2.75) is 20.0 Å². The number of halogens is 2. The molecule has 20 heavy (non-hydrogen) atoms. The smallest absolute Gasteiger partial charge is 0.141 e. The Morgan fingerprint density at radius 2 is 1.95 bits per heavy atom. The van der Waals surface area contributed by atoms with Gasteiger partial charge in [0.1, 0.15) is 12.4 Å². The van der Waals surface area contributed by atoms with E-state index in [4.69, 9.17) is 33.7 Å². The van der Waals surface area contributed by atoms with Crippen molar-refractivity contribution in [3.63, 3.8) is 0 Å². The van der Waals surface area contributed by atoms with Crippen LogP contribution in [0.4, 0.5) is 0 Å². The van der Waals surface area contributed by atoms with Crippen LogP contribution in [0.1, 0.15) is 17.0 Å². The Balaban J connectivity index is 2.11. The highest BCUT2D eigenvalue weighted by molar-refractivity contribution is 6.42. The fraction of sp³-hybridized carbons (Fsp3) is 0.267. The standard InChI is InChI=1S/C15H16Cl2N2O/c1-10-2-5-15(14(19-10)6-7-18)20-9-11-3-4-12(16)13(17)8-11/h2-5,8H,6-7,9,18H2,1H3. The topological polar surface area (TPSA) is 48.1 Å². The first kappa shape index (κ1) is 15.1. The van der Waals surface area contributed by atoms with Crippen LogP contribution in [-0.4, -0.2) is 11.5 Å². The molecule has 0 aliphatic heterocycles. The number of hydrogen-bond donors (Lipinski definition) is 1. The van der Waals surface area contributed by atoms with E-state index in [-0.39, 0.29) is 0 Å². The Kier molecular flexibility index (Phi) is 5.24. The van der Waals surface area contributed by atoms with E-state index < -0.39 is 0 Å². The number of nitrogens with two attached hydrogens (primary N) is 1. The molecule has 3 nitrogen and oxygen atoms in total. The van der Waals surface area contributed by atoms with Crippen molar-refractivity contribution in [1.82, 2.24) is 4.98 Å². The fourth-order valence-electron chi connectivity index (χ4n) is 1.84. The summed E-state index contributed by atoms with van der Waals surface area (Å²) in [6, 6.07) is 9.29. The molecule has 0 saturated carbocycles. The average Bonchev–Trinajstić information content (AvgIpc) is 2.42. The minimum atomic E-state index is 0.416. The second-order valence-electron chi connectivity index (χ2n) is 4.47. The summed E-state index contributed by atoms with van der Waals surface area (Å²) in [5.74, 6) is 0.757. The molecule has 0 aliphatic rings. The lowest BCUT2D eigenvalue weighted by atomic mass is 10.2. The Morgan fingerprint density at radius 1 is 1.15 bits per heavy atom. The van der Waals surface area contributed by atoms with Gasteiger partial charge in [-0.2, -0.15) is 0 Å². The van der Waals surface area contributed by atoms with Crippen molar-refractivity contribution in [3.8, 4) is 5.75 Å². The molecule has 2 aromatic rings. The van der Waals surface area contributed by atoms with Gasteiger partial charge in [0.25, 0.3) is 0 Å². The van der Waals surface area contributed by atoms with Gasteiger partial charge in [-0.25, -0.2) is 0 Å². The van der Waals surface area contributed by atoms with Gasteiger partial charge in [0.05, 0.1) is 15.7 Å². The van der Waals surface area contributed by atoms with Crippen molar-refractivity contribution in [1.29, 1.82) is 0 Å². The summed E-state index contributed by atoms with van der Waals surface area (Å²) in [5, 5.41) is 1.06. The molecule has 1 aromatic heterocycles. The maximum atomic E-state index is 5.98. The highest BCUT2D eigenvalue weighted by atomic mass is 35.5. The van der Waals surface area contributed by atoms with E-state index in [9.17, 15) is 0 Å². The lowest BCUT2D eigenvalue weighted by Crippen LogP contribution is -2.08. The second-order valence-corrected chi connectivity index (χ2v) is 5.29. The first-order chi connectivity index (χ1) is 9.60. The van der Waals surface area contributed by atoms with Gasteiger partial charge in [0, 0.05) is 12.1 Å². The van der Waals surface area contributed by atoms with E-state index in [1.54, 1.807) is 12.1 Å². The predicted molar refractivity (Wildman–Crippen MR) is 82.5 cm³/mol. The molecule has 0 bridgehead atoms. The van der Waals surface area contributed by atoms with E-state index in [1.807, 2.05) is 25.1 Å². The molecule has 0 radical (unpaired) electrons. The molecule has 2 rings (SSSR count). The van der Waals surface area contributed by atoms with Crippen LogP contribution in [0, 0.1) is 6.92 Å². The van der Waals surface area contributed by atoms with Crippen molar-refractivity contribution in [2.75, 3.05) is 6.54 Å². The monoisotopic (exact) mass is 310 g/mol. The number of pyridine rings is 1.